The molecule has 2 aromatic rings. The Morgan fingerprint density at radius 1 is 1.30 bits per heavy atom. The summed E-state index contributed by atoms with van der Waals surface area (Å²) in [6, 6.07) is 6.88. The Balaban J connectivity index is 1.97. The first kappa shape index (κ1) is 16.3. The van der Waals surface area contributed by atoms with Gasteiger partial charge in [0.05, 0.1) is 17.0 Å². The minimum Gasteiger partial charge on any atom is -0.460 e. The van der Waals surface area contributed by atoms with Crippen LogP contribution in [0.5, 0.6) is 0 Å². The summed E-state index contributed by atoms with van der Waals surface area (Å²) in [4.78, 5) is 37.4. The number of esters is 1. The Labute approximate surface area is 131 Å². The van der Waals surface area contributed by atoms with Crippen LogP contribution in [0.4, 0.5) is 5.69 Å². The Morgan fingerprint density at radius 3 is 2.52 bits per heavy atom. The van der Waals surface area contributed by atoms with Crippen LogP contribution in [0.25, 0.3) is 0 Å². The van der Waals surface area contributed by atoms with Crippen molar-refractivity contribution in [2.75, 3.05) is 6.61 Å². The molecule has 0 bridgehead atoms. The van der Waals surface area contributed by atoms with Gasteiger partial charge >= 0.3 is 11.7 Å². The van der Waals surface area contributed by atoms with Gasteiger partial charge < -0.3 is 4.74 Å². The van der Waals surface area contributed by atoms with E-state index >= 15 is 0 Å². The fourth-order valence-electron chi connectivity index (χ4n) is 2.08. The smallest absolute Gasteiger partial charge is 0.348 e. The van der Waals surface area contributed by atoms with E-state index in [0.717, 1.165) is 5.69 Å². The van der Waals surface area contributed by atoms with Crippen LogP contribution in [-0.2, 0) is 11.3 Å². The molecule has 0 amide bonds. The minimum atomic E-state index is -0.606. The molecular weight excluding hydrogens is 302 g/mol. The van der Waals surface area contributed by atoms with Crippen molar-refractivity contribution in [3.8, 4) is 0 Å². The molecule has 1 aromatic heterocycles. The van der Waals surface area contributed by atoms with Gasteiger partial charge in [0.2, 0.25) is 0 Å². The lowest BCUT2D eigenvalue weighted by atomic mass is 10.2. The van der Waals surface area contributed by atoms with Gasteiger partial charge in [-0.05, 0) is 32.0 Å². The second kappa shape index (κ2) is 6.82. The number of carbonyl (C=O) groups excluding carboxylic acids is 1. The topological polar surface area (TPSA) is 104 Å². The molecule has 0 aliphatic heterocycles. The molecule has 1 aromatic carbocycles. The number of aromatic nitrogens is 2. The summed E-state index contributed by atoms with van der Waals surface area (Å²) < 4.78 is 6.49. The van der Waals surface area contributed by atoms with Gasteiger partial charge in [-0.15, -0.1) is 0 Å². The average Bonchev–Trinajstić information content (AvgIpc) is 2.49. The zero-order chi connectivity index (χ0) is 17.0. The van der Waals surface area contributed by atoms with Crippen LogP contribution >= 0.6 is 0 Å². The van der Waals surface area contributed by atoms with E-state index in [2.05, 4.69) is 4.98 Å². The van der Waals surface area contributed by atoms with Gasteiger partial charge in [0.25, 0.3) is 5.69 Å². The maximum atomic E-state index is 11.8. The van der Waals surface area contributed by atoms with E-state index in [0.29, 0.717) is 5.69 Å². The number of hydrogen-bond donors (Lipinski definition) is 0. The molecule has 0 saturated heterocycles. The molecule has 8 heteroatoms. The maximum Gasteiger partial charge on any atom is 0.348 e. The van der Waals surface area contributed by atoms with Gasteiger partial charge in [-0.1, -0.05) is 0 Å². The van der Waals surface area contributed by atoms with E-state index < -0.39 is 16.6 Å². The predicted octanol–water partition coefficient (Wildman–Crippen LogP) is 1.63. The zero-order valence-electron chi connectivity index (χ0n) is 12.7. The molecule has 0 aliphatic carbocycles. The zero-order valence-corrected chi connectivity index (χ0v) is 12.7. The van der Waals surface area contributed by atoms with Crippen LogP contribution in [0.1, 0.15) is 21.7 Å². The van der Waals surface area contributed by atoms with Gasteiger partial charge in [0, 0.05) is 23.5 Å². The Hall–Kier alpha value is -3.03. The van der Waals surface area contributed by atoms with E-state index in [1.165, 1.54) is 28.8 Å². The molecule has 23 heavy (non-hydrogen) atoms. The lowest BCUT2D eigenvalue weighted by Crippen LogP contribution is -2.27. The quantitative estimate of drug-likeness (QED) is 0.471. The monoisotopic (exact) mass is 317 g/mol. The number of ether oxygens (including phenoxy) is 1. The number of nitrogens with zero attached hydrogens (tertiary/aromatic N) is 3. The molecule has 0 unspecified atom stereocenters. The molecule has 0 radical (unpaired) electrons. The number of carbonyl (C=O) groups is 1. The number of non-ortho nitro benzene ring substituents is 1. The Morgan fingerprint density at radius 2 is 1.96 bits per heavy atom. The summed E-state index contributed by atoms with van der Waals surface area (Å²) in [6.07, 6.45) is 0. The lowest BCUT2D eigenvalue weighted by molar-refractivity contribution is -0.384. The second-order valence-corrected chi connectivity index (χ2v) is 4.91. The van der Waals surface area contributed by atoms with E-state index in [1.807, 2.05) is 0 Å². The Kier molecular flexibility index (Phi) is 4.85. The predicted molar refractivity (Wildman–Crippen MR) is 81.3 cm³/mol. The van der Waals surface area contributed by atoms with Gasteiger partial charge in [0.1, 0.15) is 6.61 Å². The highest BCUT2D eigenvalue weighted by Gasteiger charge is 2.11. The van der Waals surface area contributed by atoms with E-state index in [4.69, 9.17) is 4.74 Å². The first-order valence-electron chi connectivity index (χ1n) is 6.85. The van der Waals surface area contributed by atoms with Gasteiger partial charge in [-0.2, -0.15) is 4.98 Å². The van der Waals surface area contributed by atoms with Crippen LogP contribution < -0.4 is 5.69 Å². The maximum absolute atomic E-state index is 11.8. The fourth-order valence-corrected chi connectivity index (χ4v) is 2.08. The molecule has 0 atom stereocenters. The van der Waals surface area contributed by atoms with Crippen LogP contribution in [0.3, 0.4) is 0 Å². The van der Waals surface area contributed by atoms with Crippen LogP contribution in [0.15, 0.2) is 35.1 Å². The lowest BCUT2D eigenvalue weighted by Gasteiger charge is -2.10. The van der Waals surface area contributed by atoms with Crippen molar-refractivity contribution in [3.63, 3.8) is 0 Å². The minimum absolute atomic E-state index is 0.00130. The van der Waals surface area contributed by atoms with Gasteiger partial charge in [-0.3, -0.25) is 14.7 Å². The SMILES string of the molecule is Cc1cc(C)n(CCOC(=O)c2ccc([N+](=O)[O-])cc2)c(=O)n1. The van der Waals surface area contributed by atoms with Gasteiger partial charge in [0.15, 0.2) is 0 Å². The van der Waals surface area contributed by atoms with Crippen LogP contribution in [-0.4, -0.2) is 27.1 Å². The number of nitro benzene ring substituents is 1. The summed E-state index contributed by atoms with van der Waals surface area (Å²) in [7, 11) is 0. The average molecular weight is 317 g/mol. The summed E-state index contributed by atoms with van der Waals surface area (Å²) >= 11 is 0. The standard InChI is InChI=1S/C15H15N3O5/c1-10-9-11(2)17(15(20)16-10)7-8-23-14(19)12-3-5-13(6-4-12)18(21)22/h3-6,9H,7-8H2,1-2H3. The molecule has 0 N–H and O–H groups in total. The number of benzene rings is 1. The highest BCUT2D eigenvalue weighted by molar-refractivity contribution is 5.89. The summed E-state index contributed by atoms with van der Waals surface area (Å²) in [5, 5.41) is 10.5. The third-order valence-corrected chi connectivity index (χ3v) is 3.21. The summed E-state index contributed by atoms with van der Waals surface area (Å²) in [5.41, 5.74) is 1.07. The summed E-state index contributed by atoms with van der Waals surface area (Å²) in [6.45, 7) is 3.69. The molecular formula is C15H15N3O5. The largest absolute Gasteiger partial charge is 0.460 e. The molecule has 1 heterocycles. The van der Waals surface area contributed by atoms with Crippen molar-refractivity contribution in [2.24, 2.45) is 0 Å². The third kappa shape index (κ3) is 4.00. The second-order valence-electron chi connectivity index (χ2n) is 4.91. The first-order valence-corrected chi connectivity index (χ1v) is 6.85. The van der Waals surface area contributed by atoms with Crippen LogP contribution in [0.2, 0.25) is 0 Å². The fraction of sp³-hybridized carbons (Fsp3) is 0.267. The molecule has 0 spiro atoms. The third-order valence-electron chi connectivity index (χ3n) is 3.21. The van der Waals surface area contributed by atoms with Crippen molar-refractivity contribution >= 4 is 11.7 Å². The van der Waals surface area contributed by atoms with E-state index in [-0.39, 0.29) is 24.4 Å². The van der Waals surface area contributed by atoms with Crippen LogP contribution in [0, 0.1) is 24.0 Å². The highest BCUT2D eigenvalue weighted by atomic mass is 16.6. The molecule has 0 aliphatic rings. The molecule has 0 saturated carbocycles. The van der Waals surface area contributed by atoms with Crippen molar-refractivity contribution in [2.45, 2.75) is 20.4 Å². The number of aryl methyl sites for hydroxylation is 2. The number of hydrogen-bond acceptors (Lipinski definition) is 6. The van der Waals surface area contributed by atoms with Crippen molar-refractivity contribution in [1.82, 2.24) is 9.55 Å². The molecule has 8 nitrogen and oxygen atoms in total. The van der Waals surface area contributed by atoms with E-state index in [9.17, 15) is 19.7 Å². The molecule has 2 rings (SSSR count). The normalized spacial score (nSPS) is 10.3. The van der Waals surface area contributed by atoms with Crippen molar-refractivity contribution in [3.05, 3.63) is 67.9 Å². The van der Waals surface area contributed by atoms with Crippen molar-refractivity contribution < 1.29 is 14.5 Å². The molecule has 0 fully saturated rings. The molecule has 120 valence electrons. The Bertz CT molecular complexity index is 796. The highest BCUT2D eigenvalue weighted by Crippen LogP contribution is 2.12. The summed E-state index contributed by atoms with van der Waals surface area (Å²) in [5.74, 6) is -0.606. The van der Waals surface area contributed by atoms with Crippen molar-refractivity contribution in [1.29, 1.82) is 0 Å². The van der Waals surface area contributed by atoms with E-state index in [1.54, 1.807) is 19.9 Å². The van der Waals surface area contributed by atoms with Gasteiger partial charge in [-0.25, -0.2) is 9.59 Å². The number of rotatable bonds is 5. The number of nitro groups is 1. The first-order chi connectivity index (χ1) is 10.9.